The highest BCUT2D eigenvalue weighted by Gasteiger charge is 2.28. The van der Waals surface area contributed by atoms with E-state index in [1.54, 1.807) is 24.1 Å². The molecule has 2 unspecified atom stereocenters. The van der Waals surface area contributed by atoms with Gasteiger partial charge in [0.1, 0.15) is 6.54 Å². The SMILES string of the molecule is CC(O)C1CCN(C(=O)Cn2cc(Br)ccc2=O)C1. The van der Waals surface area contributed by atoms with Crippen LogP contribution < -0.4 is 5.56 Å². The highest BCUT2D eigenvalue weighted by Crippen LogP contribution is 2.19. The minimum absolute atomic E-state index is 0.0464. The minimum Gasteiger partial charge on any atom is -0.393 e. The smallest absolute Gasteiger partial charge is 0.251 e. The summed E-state index contributed by atoms with van der Waals surface area (Å²) in [6.45, 7) is 3.01. The first-order valence-corrected chi connectivity index (χ1v) is 7.08. The second-order valence-electron chi connectivity index (χ2n) is 4.94. The van der Waals surface area contributed by atoms with Gasteiger partial charge in [0.15, 0.2) is 0 Å². The predicted octanol–water partition coefficient (Wildman–Crippen LogP) is 0.840. The maximum absolute atomic E-state index is 12.1. The lowest BCUT2D eigenvalue weighted by atomic mass is 10.0. The van der Waals surface area contributed by atoms with Crippen LogP contribution in [-0.2, 0) is 11.3 Å². The summed E-state index contributed by atoms with van der Waals surface area (Å²) in [6, 6.07) is 3.09. The van der Waals surface area contributed by atoms with E-state index in [0.717, 1.165) is 10.9 Å². The van der Waals surface area contributed by atoms with E-state index in [1.807, 2.05) is 0 Å². The molecule has 0 aromatic carbocycles. The van der Waals surface area contributed by atoms with Gasteiger partial charge in [-0.1, -0.05) is 0 Å². The molecule has 1 aliphatic rings. The van der Waals surface area contributed by atoms with E-state index in [9.17, 15) is 14.7 Å². The van der Waals surface area contributed by atoms with Gasteiger partial charge >= 0.3 is 0 Å². The number of amides is 1. The molecular weight excluding hydrogens is 312 g/mol. The molecule has 5 nitrogen and oxygen atoms in total. The number of carbonyl (C=O) groups is 1. The van der Waals surface area contributed by atoms with E-state index >= 15 is 0 Å². The molecule has 1 fully saturated rings. The highest BCUT2D eigenvalue weighted by atomic mass is 79.9. The highest BCUT2D eigenvalue weighted by molar-refractivity contribution is 9.10. The number of carbonyl (C=O) groups excluding carboxylic acids is 1. The summed E-state index contributed by atoms with van der Waals surface area (Å²) in [7, 11) is 0. The van der Waals surface area contributed by atoms with Crippen molar-refractivity contribution in [2.75, 3.05) is 13.1 Å². The van der Waals surface area contributed by atoms with Crippen molar-refractivity contribution >= 4 is 21.8 Å². The van der Waals surface area contributed by atoms with Crippen molar-refractivity contribution in [3.05, 3.63) is 33.2 Å². The minimum atomic E-state index is -0.397. The normalized spacial score (nSPS) is 20.6. The van der Waals surface area contributed by atoms with Gasteiger partial charge in [-0.2, -0.15) is 0 Å². The third-order valence-corrected chi connectivity index (χ3v) is 3.98. The number of rotatable bonds is 3. The van der Waals surface area contributed by atoms with Gasteiger partial charge in [-0.15, -0.1) is 0 Å². The zero-order chi connectivity index (χ0) is 14.0. The summed E-state index contributed by atoms with van der Waals surface area (Å²) in [4.78, 5) is 25.5. The third-order valence-electron chi connectivity index (χ3n) is 3.51. The molecule has 6 heteroatoms. The van der Waals surface area contributed by atoms with Crippen LogP contribution in [0, 0.1) is 5.92 Å². The van der Waals surface area contributed by atoms with E-state index in [1.165, 1.54) is 10.6 Å². The molecule has 1 aromatic rings. The van der Waals surface area contributed by atoms with Crippen molar-refractivity contribution in [1.29, 1.82) is 0 Å². The van der Waals surface area contributed by atoms with Crippen LogP contribution in [-0.4, -0.2) is 39.7 Å². The van der Waals surface area contributed by atoms with Crippen LogP contribution in [0.2, 0.25) is 0 Å². The van der Waals surface area contributed by atoms with E-state index in [4.69, 9.17) is 0 Å². The summed E-state index contributed by atoms with van der Waals surface area (Å²) in [5.41, 5.74) is -0.192. The summed E-state index contributed by atoms with van der Waals surface area (Å²) < 4.78 is 2.16. The van der Waals surface area contributed by atoms with E-state index in [-0.39, 0.29) is 23.9 Å². The Hall–Kier alpha value is -1.14. The first-order chi connectivity index (χ1) is 8.97. The maximum Gasteiger partial charge on any atom is 0.251 e. The first kappa shape index (κ1) is 14.3. The molecule has 1 amide bonds. The van der Waals surface area contributed by atoms with Crippen molar-refractivity contribution in [3.63, 3.8) is 0 Å². The molecule has 19 heavy (non-hydrogen) atoms. The van der Waals surface area contributed by atoms with Crippen LogP contribution in [0.1, 0.15) is 13.3 Å². The number of likely N-dealkylation sites (tertiary alicyclic amines) is 1. The molecule has 104 valence electrons. The summed E-state index contributed by atoms with van der Waals surface area (Å²) in [6.07, 6.45) is 2.03. The van der Waals surface area contributed by atoms with E-state index in [2.05, 4.69) is 15.9 Å². The topological polar surface area (TPSA) is 62.5 Å². The molecule has 2 rings (SSSR count). The van der Waals surface area contributed by atoms with Gasteiger partial charge < -0.3 is 14.6 Å². The Balaban J connectivity index is 2.02. The standard InChI is InChI=1S/C13H17BrN2O3/c1-9(17)10-4-5-15(6-10)13(19)8-16-7-11(14)2-3-12(16)18/h2-3,7,9-10,17H,4-6,8H2,1H3. The summed E-state index contributed by atoms with van der Waals surface area (Å²) >= 11 is 3.28. The van der Waals surface area contributed by atoms with Crippen molar-refractivity contribution in [1.82, 2.24) is 9.47 Å². The summed E-state index contributed by atoms with van der Waals surface area (Å²) in [5, 5.41) is 9.52. The quantitative estimate of drug-likeness (QED) is 0.894. The van der Waals surface area contributed by atoms with Crippen LogP contribution in [0.15, 0.2) is 27.6 Å². The van der Waals surface area contributed by atoms with Gasteiger partial charge in [-0.25, -0.2) is 0 Å². The predicted molar refractivity (Wildman–Crippen MR) is 74.8 cm³/mol. The number of pyridine rings is 1. The largest absolute Gasteiger partial charge is 0.393 e. The average Bonchev–Trinajstić information content (AvgIpc) is 2.83. The Labute approximate surface area is 120 Å². The Morgan fingerprint density at radius 2 is 2.32 bits per heavy atom. The van der Waals surface area contributed by atoms with Crippen LogP contribution in [0.3, 0.4) is 0 Å². The lowest BCUT2D eigenvalue weighted by Gasteiger charge is -2.18. The van der Waals surface area contributed by atoms with E-state index in [0.29, 0.717) is 13.1 Å². The monoisotopic (exact) mass is 328 g/mol. The molecule has 1 aliphatic heterocycles. The van der Waals surface area contributed by atoms with Crippen molar-refractivity contribution in [2.45, 2.75) is 26.0 Å². The lowest BCUT2D eigenvalue weighted by molar-refractivity contribution is -0.131. The number of nitrogens with zero attached hydrogens (tertiary/aromatic N) is 2. The van der Waals surface area contributed by atoms with Gasteiger partial charge in [-0.3, -0.25) is 9.59 Å². The molecule has 1 saturated heterocycles. The van der Waals surface area contributed by atoms with Crippen molar-refractivity contribution in [2.24, 2.45) is 5.92 Å². The van der Waals surface area contributed by atoms with Gasteiger partial charge in [-0.05, 0) is 35.3 Å². The first-order valence-electron chi connectivity index (χ1n) is 6.29. The third kappa shape index (κ3) is 3.45. The van der Waals surface area contributed by atoms with Gasteiger partial charge in [0.25, 0.3) is 5.56 Å². The lowest BCUT2D eigenvalue weighted by Crippen LogP contribution is -2.35. The van der Waals surface area contributed by atoms with Gasteiger partial charge in [0.2, 0.25) is 5.91 Å². The van der Waals surface area contributed by atoms with Crippen LogP contribution >= 0.6 is 15.9 Å². The molecule has 1 N–H and O–H groups in total. The second kappa shape index (κ2) is 5.88. The Morgan fingerprint density at radius 3 is 2.95 bits per heavy atom. The number of hydrogen-bond acceptors (Lipinski definition) is 3. The zero-order valence-electron chi connectivity index (χ0n) is 10.8. The molecule has 1 aromatic heterocycles. The molecular formula is C13H17BrN2O3. The fourth-order valence-corrected chi connectivity index (χ4v) is 2.66. The fraction of sp³-hybridized carbons (Fsp3) is 0.538. The van der Waals surface area contributed by atoms with Crippen molar-refractivity contribution < 1.29 is 9.90 Å². The van der Waals surface area contributed by atoms with Gasteiger partial charge in [0.05, 0.1) is 6.10 Å². The van der Waals surface area contributed by atoms with Crippen LogP contribution in [0.25, 0.3) is 0 Å². The molecule has 2 heterocycles. The Morgan fingerprint density at radius 1 is 1.58 bits per heavy atom. The molecule has 0 aliphatic carbocycles. The van der Waals surface area contributed by atoms with Crippen LogP contribution in [0.4, 0.5) is 0 Å². The number of aliphatic hydroxyl groups is 1. The Bertz CT molecular complexity index is 527. The average molecular weight is 329 g/mol. The molecule has 0 radical (unpaired) electrons. The molecule has 0 spiro atoms. The number of aromatic nitrogens is 1. The summed E-state index contributed by atoms with van der Waals surface area (Å²) in [5.74, 6) is 0.0616. The molecule has 0 bridgehead atoms. The van der Waals surface area contributed by atoms with Crippen LogP contribution in [0.5, 0.6) is 0 Å². The van der Waals surface area contributed by atoms with Crippen molar-refractivity contribution in [3.8, 4) is 0 Å². The maximum atomic E-state index is 12.1. The Kier molecular flexibility index (Phi) is 4.42. The molecule has 2 atom stereocenters. The van der Waals surface area contributed by atoms with Gasteiger partial charge in [0, 0.05) is 35.7 Å². The zero-order valence-corrected chi connectivity index (χ0v) is 12.3. The molecule has 0 saturated carbocycles. The fourth-order valence-electron chi connectivity index (χ4n) is 2.28. The second-order valence-corrected chi connectivity index (χ2v) is 5.86. The number of aliphatic hydroxyl groups excluding tert-OH is 1. The number of halogens is 1. The van der Waals surface area contributed by atoms with E-state index < -0.39 is 6.10 Å². The number of hydrogen-bond donors (Lipinski definition) is 1.